The normalized spacial score (nSPS) is 12.6. The molecule has 0 radical (unpaired) electrons. The van der Waals surface area contributed by atoms with Gasteiger partial charge in [0.25, 0.3) is 20.2 Å². The van der Waals surface area contributed by atoms with Gasteiger partial charge in [-0.25, -0.2) is 0 Å². The highest BCUT2D eigenvalue weighted by Gasteiger charge is 2.08. The lowest BCUT2D eigenvalue weighted by Crippen LogP contribution is -2.08. The third-order valence-corrected chi connectivity index (χ3v) is 3.57. The highest BCUT2D eigenvalue weighted by molar-refractivity contribution is 7.86. The predicted octanol–water partition coefficient (Wildman–Crippen LogP) is 0.282. The minimum Gasteiger partial charge on any atom is -0.300 e. The van der Waals surface area contributed by atoms with E-state index in [9.17, 15) is 21.6 Å². The van der Waals surface area contributed by atoms with Crippen LogP contribution in [-0.4, -0.2) is 43.2 Å². The molecule has 0 bridgehead atoms. The van der Waals surface area contributed by atoms with Crippen molar-refractivity contribution in [3.05, 3.63) is 0 Å². The first kappa shape index (κ1) is 16.5. The van der Waals surface area contributed by atoms with Crippen molar-refractivity contribution < 1.29 is 30.7 Å². The Balaban J connectivity index is 3.61. The zero-order chi connectivity index (χ0) is 13.5. The van der Waals surface area contributed by atoms with Crippen LogP contribution in [-0.2, 0) is 25.0 Å². The number of hydrogen-bond donors (Lipinski definition) is 2. The summed E-state index contributed by atoms with van der Waals surface area (Å²) in [7, 11) is -8.01. The third kappa shape index (κ3) is 13.4. The number of carbonyl (C=O) groups is 1. The van der Waals surface area contributed by atoms with Crippen molar-refractivity contribution in [3.63, 3.8) is 0 Å². The SMILES string of the molecule is O=C(CCCCS(=O)(=O)O)CCCS(=O)(=O)O. The van der Waals surface area contributed by atoms with Crippen molar-refractivity contribution >= 4 is 26.0 Å². The molecule has 0 aliphatic rings. The van der Waals surface area contributed by atoms with Crippen molar-refractivity contribution in [1.29, 1.82) is 0 Å². The van der Waals surface area contributed by atoms with Crippen molar-refractivity contribution in [2.24, 2.45) is 0 Å². The molecule has 0 amide bonds. The fourth-order valence-electron chi connectivity index (χ4n) is 1.18. The van der Waals surface area contributed by atoms with Crippen LogP contribution in [0.5, 0.6) is 0 Å². The minimum absolute atomic E-state index is 0.0334. The summed E-state index contributed by atoms with van der Waals surface area (Å²) in [6.07, 6.45) is 0.732. The van der Waals surface area contributed by atoms with E-state index < -0.39 is 26.0 Å². The van der Waals surface area contributed by atoms with E-state index in [0.29, 0.717) is 6.42 Å². The first-order valence-corrected chi connectivity index (χ1v) is 8.24. The molecule has 0 saturated carbocycles. The van der Waals surface area contributed by atoms with Crippen LogP contribution < -0.4 is 0 Å². The summed E-state index contributed by atoms with van der Waals surface area (Å²) in [5.41, 5.74) is 0. The number of rotatable bonds is 9. The Labute approximate surface area is 101 Å². The van der Waals surface area contributed by atoms with Crippen LogP contribution in [0.2, 0.25) is 0 Å². The van der Waals surface area contributed by atoms with Crippen LogP contribution in [0, 0.1) is 0 Å². The number of hydrogen-bond acceptors (Lipinski definition) is 5. The average Bonchev–Trinajstić information content (AvgIpc) is 2.09. The zero-order valence-electron chi connectivity index (χ0n) is 9.20. The van der Waals surface area contributed by atoms with E-state index in [2.05, 4.69) is 0 Å². The molecule has 0 heterocycles. The zero-order valence-corrected chi connectivity index (χ0v) is 10.8. The molecule has 17 heavy (non-hydrogen) atoms. The van der Waals surface area contributed by atoms with Crippen LogP contribution in [0.1, 0.15) is 32.1 Å². The maximum absolute atomic E-state index is 11.2. The standard InChI is InChI=1S/C8H16O7S2/c9-8(5-3-7-17(13,14)15)4-1-2-6-16(10,11)12/h1-7H2,(H,10,11,12)(H,13,14,15). The fraction of sp³-hybridized carbons (Fsp3) is 0.875. The van der Waals surface area contributed by atoms with E-state index in [1.165, 1.54) is 0 Å². The van der Waals surface area contributed by atoms with Gasteiger partial charge in [0, 0.05) is 12.8 Å². The average molecular weight is 288 g/mol. The van der Waals surface area contributed by atoms with Crippen molar-refractivity contribution in [3.8, 4) is 0 Å². The summed E-state index contributed by atoms with van der Waals surface area (Å²) in [5.74, 6) is -1.03. The number of unbranched alkanes of at least 4 members (excludes halogenated alkanes) is 1. The predicted molar refractivity (Wildman–Crippen MR) is 60.9 cm³/mol. The molecule has 0 aromatic carbocycles. The van der Waals surface area contributed by atoms with Crippen LogP contribution >= 0.6 is 0 Å². The van der Waals surface area contributed by atoms with Gasteiger partial charge < -0.3 is 0 Å². The second-order valence-corrected chi connectivity index (χ2v) is 6.82. The second kappa shape index (κ2) is 7.04. The summed E-state index contributed by atoms with van der Waals surface area (Å²) in [6.45, 7) is 0. The Morgan fingerprint density at radius 3 is 1.65 bits per heavy atom. The minimum atomic E-state index is -4.03. The van der Waals surface area contributed by atoms with Gasteiger partial charge in [0.05, 0.1) is 11.5 Å². The molecule has 0 rings (SSSR count). The van der Waals surface area contributed by atoms with Gasteiger partial charge in [0.15, 0.2) is 0 Å². The van der Waals surface area contributed by atoms with Gasteiger partial charge >= 0.3 is 0 Å². The maximum Gasteiger partial charge on any atom is 0.264 e. The molecular weight excluding hydrogens is 272 g/mol. The molecule has 102 valence electrons. The molecule has 0 spiro atoms. The van der Waals surface area contributed by atoms with Crippen molar-refractivity contribution in [1.82, 2.24) is 0 Å². The maximum atomic E-state index is 11.2. The molecular formula is C8H16O7S2. The molecule has 0 aromatic heterocycles. The molecule has 9 heteroatoms. The summed E-state index contributed by atoms with van der Waals surface area (Å²) in [6, 6.07) is 0. The Bertz CT molecular complexity index is 434. The Hall–Kier alpha value is -0.510. The first-order chi connectivity index (χ1) is 7.60. The highest BCUT2D eigenvalue weighted by atomic mass is 32.2. The monoisotopic (exact) mass is 288 g/mol. The molecule has 2 N–H and O–H groups in total. The van der Waals surface area contributed by atoms with Gasteiger partial charge in [-0.15, -0.1) is 0 Å². The Morgan fingerprint density at radius 2 is 1.18 bits per heavy atom. The van der Waals surface area contributed by atoms with Crippen molar-refractivity contribution in [2.75, 3.05) is 11.5 Å². The lowest BCUT2D eigenvalue weighted by atomic mass is 10.1. The molecule has 0 aromatic rings. The molecule has 0 aliphatic heterocycles. The van der Waals surface area contributed by atoms with Crippen LogP contribution in [0.3, 0.4) is 0 Å². The Morgan fingerprint density at radius 1 is 0.765 bits per heavy atom. The van der Waals surface area contributed by atoms with Crippen molar-refractivity contribution in [2.45, 2.75) is 32.1 Å². The molecule has 0 fully saturated rings. The largest absolute Gasteiger partial charge is 0.300 e. The second-order valence-electron chi connectivity index (χ2n) is 3.67. The molecule has 0 unspecified atom stereocenters. The van der Waals surface area contributed by atoms with Crippen LogP contribution in [0.15, 0.2) is 0 Å². The molecule has 0 aliphatic carbocycles. The first-order valence-electron chi connectivity index (χ1n) is 5.02. The third-order valence-electron chi connectivity index (χ3n) is 1.97. The summed E-state index contributed by atoms with van der Waals surface area (Å²) >= 11 is 0. The van der Waals surface area contributed by atoms with Gasteiger partial charge in [-0.3, -0.25) is 13.9 Å². The molecule has 7 nitrogen and oxygen atoms in total. The summed E-state index contributed by atoms with van der Waals surface area (Å²) in [4.78, 5) is 11.2. The fourth-order valence-corrected chi connectivity index (χ4v) is 2.26. The number of ketones is 1. The van der Waals surface area contributed by atoms with Gasteiger partial charge in [0.2, 0.25) is 0 Å². The van der Waals surface area contributed by atoms with E-state index in [-0.39, 0.29) is 37.2 Å². The Kier molecular flexibility index (Phi) is 6.83. The van der Waals surface area contributed by atoms with E-state index in [0.717, 1.165) is 0 Å². The van der Waals surface area contributed by atoms with E-state index in [1.54, 1.807) is 0 Å². The van der Waals surface area contributed by atoms with Gasteiger partial charge in [-0.05, 0) is 19.3 Å². The van der Waals surface area contributed by atoms with Crippen LogP contribution in [0.25, 0.3) is 0 Å². The molecule has 0 atom stereocenters. The van der Waals surface area contributed by atoms with Gasteiger partial charge in [-0.1, -0.05) is 0 Å². The quantitative estimate of drug-likeness (QED) is 0.461. The highest BCUT2D eigenvalue weighted by Crippen LogP contribution is 2.04. The van der Waals surface area contributed by atoms with Gasteiger partial charge in [-0.2, -0.15) is 16.8 Å². The lowest BCUT2D eigenvalue weighted by Gasteiger charge is -2.00. The topological polar surface area (TPSA) is 126 Å². The number of carbonyl (C=O) groups excluding carboxylic acids is 1. The van der Waals surface area contributed by atoms with E-state index in [1.807, 2.05) is 0 Å². The summed E-state index contributed by atoms with van der Waals surface area (Å²) < 4.78 is 58.1. The van der Waals surface area contributed by atoms with E-state index in [4.69, 9.17) is 9.11 Å². The number of Topliss-reactive ketones (excluding diaryl/α,β-unsaturated/α-hetero) is 1. The lowest BCUT2D eigenvalue weighted by molar-refractivity contribution is -0.119. The summed E-state index contributed by atoms with van der Waals surface area (Å²) in [5, 5.41) is 0. The van der Waals surface area contributed by atoms with Crippen LogP contribution in [0.4, 0.5) is 0 Å². The molecule has 0 saturated heterocycles. The van der Waals surface area contributed by atoms with Gasteiger partial charge in [0.1, 0.15) is 5.78 Å². The van der Waals surface area contributed by atoms with E-state index >= 15 is 0 Å². The smallest absolute Gasteiger partial charge is 0.264 e.